The van der Waals surface area contributed by atoms with Crippen molar-refractivity contribution in [2.75, 3.05) is 13.1 Å². The van der Waals surface area contributed by atoms with E-state index in [2.05, 4.69) is 25.8 Å². The van der Waals surface area contributed by atoms with Gasteiger partial charge in [0.2, 0.25) is 0 Å². The third-order valence-corrected chi connectivity index (χ3v) is 20.5. The first kappa shape index (κ1) is 23.4. The van der Waals surface area contributed by atoms with Crippen LogP contribution in [0.2, 0.25) is 13.3 Å². The van der Waals surface area contributed by atoms with E-state index < -0.39 is 18.4 Å². The molecular formula is C21H39N3OSn. The Morgan fingerprint density at radius 3 is 1.81 bits per heavy atom. The fraction of sp³-hybridized carbons (Fsp3) is 0.762. The predicted octanol–water partition coefficient (Wildman–Crippen LogP) is 5.01. The molecule has 0 bridgehead atoms. The fourth-order valence-electron chi connectivity index (χ4n) is 3.70. The molecule has 0 radical (unpaired) electrons. The quantitative estimate of drug-likeness (QED) is 0.383. The van der Waals surface area contributed by atoms with Crippen molar-refractivity contribution in [3.8, 4) is 0 Å². The molecule has 0 atom stereocenters. The van der Waals surface area contributed by atoms with Crippen molar-refractivity contribution >= 4 is 28.0 Å². The number of amides is 1. The molecule has 1 rings (SSSR count). The number of carbonyl (C=O) groups is 1. The fourth-order valence-corrected chi connectivity index (χ4v) is 18.9. The Balaban J connectivity index is 3.25. The van der Waals surface area contributed by atoms with E-state index in [4.69, 9.17) is 4.98 Å². The molecule has 5 heteroatoms. The molecule has 0 saturated carbocycles. The number of aromatic nitrogens is 2. The van der Waals surface area contributed by atoms with Gasteiger partial charge in [0.05, 0.1) is 0 Å². The van der Waals surface area contributed by atoms with E-state index in [9.17, 15) is 4.79 Å². The second kappa shape index (κ2) is 12.7. The normalized spacial score (nSPS) is 11.6. The average Bonchev–Trinajstić information content (AvgIpc) is 2.68. The van der Waals surface area contributed by atoms with Crippen LogP contribution in [0, 0.1) is 0 Å². The van der Waals surface area contributed by atoms with Crippen molar-refractivity contribution in [1.29, 1.82) is 0 Å². The Bertz CT molecular complexity index is 510. The predicted molar refractivity (Wildman–Crippen MR) is 114 cm³/mol. The van der Waals surface area contributed by atoms with E-state index in [1.807, 2.05) is 24.9 Å². The van der Waals surface area contributed by atoms with Crippen LogP contribution < -0.4 is 3.71 Å². The first-order valence-electron chi connectivity index (χ1n) is 10.7. The van der Waals surface area contributed by atoms with Gasteiger partial charge in [-0.3, -0.25) is 0 Å². The number of hydrogen-bond acceptors (Lipinski definition) is 3. The first-order valence-corrected chi connectivity index (χ1v) is 18.2. The summed E-state index contributed by atoms with van der Waals surface area (Å²) in [6.45, 7) is 12.3. The maximum atomic E-state index is 12.8. The molecule has 0 saturated heterocycles. The summed E-state index contributed by atoms with van der Waals surface area (Å²) >= 11 is -2.62. The number of unbranched alkanes of at least 4 members (excludes halogenated alkanes) is 3. The molecule has 0 aromatic carbocycles. The van der Waals surface area contributed by atoms with Crippen LogP contribution in [0.3, 0.4) is 0 Å². The van der Waals surface area contributed by atoms with Crippen molar-refractivity contribution in [2.24, 2.45) is 0 Å². The second-order valence-electron chi connectivity index (χ2n) is 7.36. The van der Waals surface area contributed by atoms with Crippen molar-refractivity contribution in [3.63, 3.8) is 0 Å². The summed E-state index contributed by atoms with van der Waals surface area (Å²) in [5, 5.41) is 0. The van der Waals surface area contributed by atoms with Crippen LogP contribution in [0.15, 0.2) is 12.4 Å². The Morgan fingerprint density at radius 2 is 1.38 bits per heavy atom. The minimum absolute atomic E-state index is 0.0333. The van der Waals surface area contributed by atoms with Gasteiger partial charge in [-0.25, -0.2) is 0 Å². The number of hydrogen-bond donors (Lipinski definition) is 0. The van der Waals surface area contributed by atoms with Gasteiger partial charge in [-0.15, -0.1) is 0 Å². The zero-order valence-electron chi connectivity index (χ0n) is 17.7. The molecule has 0 N–H and O–H groups in total. The average molecular weight is 468 g/mol. The molecule has 0 aliphatic heterocycles. The van der Waals surface area contributed by atoms with Crippen molar-refractivity contribution in [3.05, 3.63) is 18.1 Å². The van der Waals surface area contributed by atoms with E-state index in [1.54, 1.807) is 6.20 Å². The summed E-state index contributed by atoms with van der Waals surface area (Å²) in [7, 11) is 0. The van der Waals surface area contributed by atoms with Crippen LogP contribution >= 0.6 is 0 Å². The van der Waals surface area contributed by atoms with Crippen LogP contribution in [-0.2, 0) is 0 Å². The van der Waals surface area contributed by atoms with Gasteiger partial charge in [-0.1, -0.05) is 0 Å². The van der Waals surface area contributed by atoms with Gasteiger partial charge in [0.1, 0.15) is 0 Å². The van der Waals surface area contributed by atoms with E-state index in [0.29, 0.717) is 5.69 Å². The topological polar surface area (TPSA) is 46.1 Å². The van der Waals surface area contributed by atoms with Gasteiger partial charge in [0, 0.05) is 0 Å². The SMILES string of the molecule is CCC[CH2][Sn]([CH2]CCC)([CH2]CCC)[c]1cncc(C(=O)N(CC)CC)n1. The summed E-state index contributed by atoms with van der Waals surface area (Å²) in [5.74, 6) is 0.0333. The zero-order valence-corrected chi connectivity index (χ0v) is 20.5. The summed E-state index contributed by atoms with van der Waals surface area (Å²) in [4.78, 5) is 24.1. The number of nitrogens with zero attached hydrogens (tertiary/aromatic N) is 3. The number of rotatable bonds is 13. The van der Waals surface area contributed by atoms with Crippen molar-refractivity contribution in [1.82, 2.24) is 14.9 Å². The van der Waals surface area contributed by atoms with Crippen LogP contribution in [0.1, 0.15) is 83.6 Å². The molecule has 1 amide bonds. The standard InChI is InChI=1S/C9H12N3O.3C4H9.Sn/c1-3-12(4-2)9(13)8-7-10-5-6-11-8;3*1-3-4-2;/h5,7H,3-4H2,1-2H3;3*1,3-4H2,2H3;. The molecule has 0 spiro atoms. The molecule has 4 nitrogen and oxygen atoms in total. The summed E-state index contributed by atoms with van der Waals surface area (Å²) in [5.41, 5.74) is 0.553. The summed E-state index contributed by atoms with van der Waals surface area (Å²) in [6.07, 6.45) is 11.3. The Hall–Kier alpha value is -0.651. The van der Waals surface area contributed by atoms with E-state index in [1.165, 1.54) is 55.5 Å². The zero-order chi connectivity index (χ0) is 19.4. The Morgan fingerprint density at radius 1 is 0.885 bits per heavy atom. The van der Waals surface area contributed by atoms with E-state index in [-0.39, 0.29) is 5.91 Å². The minimum atomic E-state index is -2.62. The van der Waals surface area contributed by atoms with E-state index in [0.717, 1.165) is 13.1 Å². The van der Waals surface area contributed by atoms with Crippen LogP contribution in [0.4, 0.5) is 0 Å². The van der Waals surface area contributed by atoms with Crippen LogP contribution in [0.25, 0.3) is 0 Å². The molecule has 1 aromatic rings. The van der Waals surface area contributed by atoms with Gasteiger partial charge >= 0.3 is 165 Å². The molecule has 1 heterocycles. The Labute approximate surface area is 165 Å². The molecule has 26 heavy (non-hydrogen) atoms. The van der Waals surface area contributed by atoms with Crippen LogP contribution in [0.5, 0.6) is 0 Å². The van der Waals surface area contributed by atoms with Crippen molar-refractivity contribution < 1.29 is 4.79 Å². The second-order valence-corrected chi connectivity index (χ2v) is 20.4. The first-order chi connectivity index (χ1) is 12.6. The molecule has 0 unspecified atom stereocenters. The Kier molecular flexibility index (Phi) is 11.4. The molecule has 0 aliphatic carbocycles. The van der Waals surface area contributed by atoms with Gasteiger partial charge in [0.25, 0.3) is 0 Å². The molecular weight excluding hydrogens is 429 g/mol. The summed E-state index contributed by atoms with van der Waals surface area (Å²) in [6, 6.07) is 0. The third kappa shape index (κ3) is 6.50. The molecule has 1 aromatic heterocycles. The van der Waals surface area contributed by atoms with Crippen molar-refractivity contribution in [2.45, 2.75) is 86.5 Å². The summed E-state index contributed by atoms with van der Waals surface area (Å²) < 4.78 is 5.29. The molecule has 0 aliphatic rings. The van der Waals surface area contributed by atoms with Gasteiger partial charge in [-0.2, -0.15) is 0 Å². The van der Waals surface area contributed by atoms with Gasteiger partial charge in [0.15, 0.2) is 0 Å². The number of carbonyl (C=O) groups excluding carboxylic acids is 1. The molecule has 148 valence electrons. The van der Waals surface area contributed by atoms with Gasteiger partial charge in [-0.05, 0) is 0 Å². The third-order valence-electron chi connectivity index (χ3n) is 5.47. The van der Waals surface area contributed by atoms with Crippen LogP contribution in [-0.4, -0.2) is 52.2 Å². The maximum absolute atomic E-state index is 12.8. The monoisotopic (exact) mass is 469 g/mol. The molecule has 0 fully saturated rings. The van der Waals surface area contributed by atoms with Gasteiger partial charge < -0.3 is 0 Å². The van der Waals surface area contributed by atoms with E-state index >= 15 is 0 Å².